The van der Waals surface area contributed by atoms with Gasteiger partial charge in [0.1, 0.15) is 6.17 Å². The van der Waals surface area contributed by atoms with Crippen LogP contribution in [0.5, 0.6) is 0 Å². The summed E-state index contributed by atoms with van der Waals surface area (Å²) in [6.45, 7) is 2.00. The fraction of sp³-hybridized carbons (Fsp3) is 0.333. The maximum absolute atomic E-state index is 4.38. The van der Waals surface area contributed by atoms with E-state index < -0.39 is 0 Å². The molecule has 0 spiro atoms. The molecule has 56 valence electrons. The highest BCUT2D eigenvalue weighted by Crippen LogP contribution is 2.19. The number of hydrogen-bond acceptors (Lipinski definition) is 2. The Kier molecular flexibility index (Phi) is 1.46. The van der Waals surface area contributed by atoms with Crippen molar-refractivity contribution in [2.75, 3.05) is 0 Å². The van der Waals surface area contributed by atoms with Crippen LogP contribution >= 0.6 is 0 Å². The van der Waals surface area contributed by atoms with Gasteiger partial charge < -0.3 is 0 Å². The van der Waals surface area contributed by atoms with Crippen molar-refractivity contribution in [1.82, 2.24) is 0 Å². The summed E-state index contributed by atoms with van der Waals surface area (Å²) >= 11 is 0. The lowest BCUT2D eigenvalue weighted by molar-refractivity contribution is 0.603. The van der Waals surface area contributed by atoms with Gasteiger partial charge in [0.25, 0.3) is 0 Å². The molecule has 0 aromatic rings. The quantitative estimate of drug-likeness (QED) is 0.496. The third kappa shape index (κ3) is 1.16. The summed E-state index contributed by atoms with van der Waals surface area (Å²) in [5.74, 6) is 0.392. The Hall–Kier alpha value is -1.18. The Morgan fingerprint density at radius 2 is 2.27 bits per heavy atom. The Bertz CT molecular complexity index is 271. The smallest absolute Gasteiger partial charge is 0.149 e. The molecule has 2 aliphatic rings. The summed E-state index contributed by atoms with van der Waals surface area (Å²) < 4.78 is 0. The van der Waals surface area contributed by atoms with Gasteiger partial charge >= 0.3 is 0 Å². The zero-order valence-corrected chi connectivity index (χ0v) is 6.44. The SMILES string of the molecule is CC1=NC2N=CC=CC2C=C1. The van der Waals surface area contributed by atoms with Crippen LogP contribution in [0, 0.1) is 5.92 Å². The number of nitrogens with zero attached hydrogens (tertiary/aromatic N) is 2. The van der Waals surface area contributed by atoms with Gasteiger partial charge in [-0.05, 0) is 19.1 Å². The van der Waals surface area contributed by atoms with Gasteiger partial charge in [-0.2, -0.15) is 0 Å². The summed E-state index contributed by atoms with van der Waals surface area (Å²) in [5, 5.41) is 0. The van der Waals surface area contributed by atoms with Gasteiger partial charge in [0.2, 0.25) is 0 Å². The van der Waals surface area contributed by atoms with E-state index in [1.807, 2.05) is 25.3 Å². The van der Waals surface area contributed by atoms with Gasteiger partial charge in [-0.25, -0.2) is 0 Å². The van der Waals surface area contributed by atoms with Crippen LogP contribution in [0.4, 0.5) is 0 Å². The highest BCUT2D eigenvalue weighted by atomic mass is 15.0. The average molecular weight is 146 g/mol. The zero-order chi connectivity index (χ0) is 7.68. The molecule has 0 saturated carbocycles. The van der Waals surface area contributed by atoms with Crippen LogP contribution in [0.15, 0.2) is 34.3 Å². The molecule has 0 radical (unpaired) electrons. The topological polar surface area (TPSA) is 24.7 Å². The fourth-order valence-corrected chi connectivity index (χ4v) is 1.30. The molecule has 0 saturated heterocycles. The Labute approximate surface area is 66.1 Å². The molecule has 2 aliphatic heterocycles. The van der Waals surface area contributed by atoms with Gasteiger partial charge in [-0.1, -0.05) is 12.2 Å². The highest BCUT2D eigenvalue weighted by Gasteiger charge is 2.18. The fourth-order valence-electron chi connectivity index (χ4n) is 1.30. The third-order valence-corrected chi connectivity index (χ3v) is 1.90. The van der Waals surface area contributed by atoms with Crippen LogP contribution in [-0.4, -0.2) is 18.1 Å². The summed E-state index contributed by atoms with van der Waals surface area (Å²) in [6.07, 6.45) is 10.2. The van der Waals surface area contributed by atoms with Crippen molar-refractivity contribution in [2.45, 2.75) is 13.1 Å². The van der Waals surface area contributed by atoms with Crippen molar-refractivity contribution in [1.29, 1.82) is 0 Å². The van der Waals surface area contributed by atoms with E-state index in [4.69, 9.17) is 0 Å². The minimum absolute atomic E-state index is 0.116. The predicted molar refractivity (Wildman–Crippen MR) is 47.2 cm³/mol. The van der Waals surface area contributed by atoms with Gasteiger partial charge in [0.15, 0.2) is 0 Å². The second kappa shape index (κ2) is 2.46. The van der Waals surface area contributed by atoms with Crippen LogP contribution < -0.4 is 0 Å². The first-order valence-electron chi connectivity index (χ1n) is 3.79. The summed E-state index contributed by atoms with van der Waals surface area (Å²) in [6, 6.07) is 0. The van der Waals surface area contributed by atoms with Crippen molar-refractivity contribution < 1.29 is 0 Å². The van der Waals surface area contributed by atoms with Crippen molar-refractivity contribution in [2.24, 2.45) is 15.9 Å². The van der Waals surface area contributed by atoms with Crippen LogP contribution in [-0.2, 0) is 0 Å². The van der Waals surface area contributed by atoms with Gasteiger partial charge in [-0.3, -0.25) is 9.98 Å². The summed E-state index contributed by atoms with van der Waals surface area (Å²) in [4.78, 5) is 8.64. The Balaban J connectivity index is 2.29. The molecule has 2 rings (SSSR count). The van der Waals surface area contributed by atoms with Gasteiger partial charge in [0, 0.05) is 17.8 Å². The van der Waals surface area contributed by atoms with Crippen molar-refractivity contribution in [3.8, 4) is 0 Å². The monoisotopic (exact) mass is 146 g/mol. The molecule has 0 fully saturated rings. The maximum Gasteiger partial charge on any atom is 0.149 e. The van der Waals surface area contributed by atoms with E-state index >= 15 is 0 Å². The molecule has 0 amide bonds. The molecular weight excluding hydrogens is 136 g/mol. The molecule has 0 aromatic heterocycles. The lowest BCUT2D eigenvalue weighted by Crippen LogP contribution is -2.19. The molecule has 2 nitrogen and oxygen atoms in total. The first-order valence-corrected chi connectivity index (χ1v) is 3.79. The second-order valence-electron chi connectivity index (χ2n) is 2.80. The minimum Gasteiger partial charge on any atom is -0.266 e. The molecule has 2 heteroatoms. The molecule has 2 unspecified atom stereocenters. The maximum atomic E-state index is 4.38. The van der Waals surface area contributed by atoms with Crippen molar-refractivity contribution in [3.05, 3.63) is 24.3 Å². The van der Waals surface area contributed by atoms with E-state index in [1.54, 1.807) is 0 Å². The number of aliphatic imine (C=N–C) groups is 2. The van der Waals surface area contributed by atoms with E-state index in [0.717, 1.165) is 5.71 Å². The number of hydrogen-bond donors (Lipinski definition) is 0. The largest absolute Gasteiger partial charge is 0.266 e. The van der Waals surface area contributed by atoms with E-state index in [9.17, 15) is 0 Å². The summed E-state index contributed by atoms with van der Waals surface area (Å²) in [7, 11) is 0. The van der Waals surface area contributed by atoms with E-state index in [0.29, 0.717) is 5.92 Å². The molecule has 2 atom stereocenters. The number of dihydropyridines is 2. The Morgan fingerprint density at radius 1 is 1.36 bits per heavy atom. The lowest BCUT2D eigenvalue weighted by Gasteiger charge is -2.20. The highest BCUT2D eigenvalue weighted by molar-refractivity contribution is 5.94. The van der Waals surface area contributed by atoms with Crippen LogP contribution in [0.25, 0.3) is 0 Å². The minimum atomic E-state index is 0.116. The van der Waals surface area contributed by atoms with E-state index in [2.05, 4.69) is 22.1 Å². The van der Waals surface area contributed by atoms with Crippen molar-refractivity contribution in [3.63, 3.8) is 0 Å². The second-order valence-corrected chi connectivity index (χ2v) is 2.80. The normalized spacial score (nSPS) is 33.4. The zero-order valence-electron chi connectivity index (χ0n) is 6.44. The number of fused-ring (bicyclic) bond motifs is 1. The predicted octanol–water partition coefficient (Wildman–Crippen LogP) is 1.60. The Morgan fingerprint density at radius 3 is 3.18 bits per heavy atom. The standard InChI is InChI=1S/C9H10N2/c1-7-4-5-8-3-2-6-10-9(8)11-7/h2-6,8-9H,1H3. The van der Waals surface area contributed by atoms with Gasteiger partial charge in [0.05, 0.1) is 0 Å². The van der Waals surface area contributed by atoms with Crippen LogP contribution in [0.3, 0.4) is 0 Å². The van der Waals surface area contributed by atoms with Crippen LogP contribution in [0.1, 0.15) is 6.92 Å². The van der Waals surface area contributed by atoms with E-state index in [-0.39, 0.29) is 6.17 Å². The third-order valence-electron chi connectivity index (χ3n) is 1.90. The molecule has 0 aromatic carbocycles. The summed E-state index contributed by atoms with van der Waals surface area (Å²) in [5.41, 5.74) is 1.07. The first kappa shape index (κ1) is 6.53. The van der Waals surface area contributed by atoms with Gasteiger partial charge in [-0.15, -0.1) is 0 Å². The first-order chi connectivity index (χ1) is 5.36. The molecule has 2 heterocycles. The number of allylic oxidation sites excluding steroid dienone is 2. The molecule has 0 bridgehead atoms. The molecular formula is C9H10N2. The average Bonchev–Trinajstić information content (AvgIpc) is 2.04. The van der Waals surface area contributed by atoms with Crippen molar-refractivity contribution >= 4 is 11.9 Å². The molecule has 0 N–H and O–H groups in total. The lowest BCUT2D eigenvalue weighted by atomic mass is 10.0. The number of rotatable bonds is 0. The molecule has 11 heavy (non-hydrogen) atoms. The van der Waals surface area contributed by atoms with Crippen LogP contribution in [0.2, 0.25) is 0 Å². The molecule has 0 aliphatic carbocycles. The van der Waals surface area contributed by atoms with E-state index in [1.165, 1.54) is 0 Å².